The van der Waals surface area contributed by atoms with Crippen LogP contribution in [0, 0.1) is 0 Å². The van der Waals surface area contributed by atoms with Crippen molar-refractivity contribution in [1.82, 2.24) is 0 Å². The minimum Gasteiger partial charge on any atom is -0.489 e. The number of anilines is 1. The minimum absolute atomic E-state index is 0.165. The molecule has 0 aliphatic carbocycles. The zero-order valence-electron chi connectivity index (χ0n) is 12.0. The number of rotatable bonds is 7. The first-order chi connectivity index (χ1) is 10.3. The van der Waals surface area contributed by atoms with E-state index in [4.69, 9.17) is 9.47 Å². The molecule has 0 aliphatic rings. The van der Waals surface area contributed by atoms with Crippen molar-refractivity contribution in [3.8, 4) is 5.75 Å². The first kappa shape index (κ1) is 14.9. The Morgan fingerprint density at radius 1 is 1.05 bits per heavy atom. The number of carbonyl (C=O) groups is 1. The maximum atomic E-state index is 11.2. The van der Waals surface area contributed by atoms with E-state index in [9.17, 15) is 4.79 Å². The molecule has 1 N–H and O–H groups in total. The molecule has 110 valence electrons. The second kappa shape index (κ2) is 7.94. The van der Waals surface area contributed by atoms with Gasteiger partial charge in [0, 0.05) is 5.69 Å². The molecule has 4 nitrogen and oxygen atoms in total. The molecule has 21 heavy (non-hydrogen) atoms. The highest BCUT2D eigenvalue weighted by Crippen LogP contribution is 2.16. The fourth-order valence-electron chi connectivity index (χ4n) is 1.80. The fourth-order valence-corrected chi connectivity index (χ4v) is 1.80. The third-order valence-electron chi connectivity index (χ3n) is 2.84. The van der Waals surface area contributed by atoms with E-state index in [0.717, 1.165) is 17.0 Å². The lowest BCUT2D eigenvalue weighted by molar-refractivity contribution is -0.140. The zero-order valence-corrected chi connectivity index (χ0v) is 12.0. The maximum absolute atomic E-state index is 11.2. The second-order valence-corrected chi connectivity index (χ2v) is 4.46. The van der Waals surface area contributed by atoms with Crippen LogP contribution in [0.1, 0.15) is 12.5 Å². The SMILES string of the molecule is CCOC(=O)CNc1ccc(OCc2ccccc2)cc1. The second-order valence-electron chi connectivity index (χ2n) is 4.46. The van der Waals surface area contributed by atoms with Gasteiger partial charge < -0.3 is 14.8 Å². The lowest BCUT2D eigenvalue weighted by atomic mass is 10.2. The van der Waals surface area contributed by atoms with Crippen LogP contribution in [0.5, 0.6) is 5.75 Å². The maximum Gasteiger partial charge on any atom is 0.325 e. The molecule has 0 bridgehead atoms. The van der Waals surface area contributed by atoms with Crippen molar-refractivity contribution < 1.29 is 14.3 Å². The summed E-state index contributed by atoms with van der Waals surface area (Å²) < 4.78 is 10.5. The van der Waals surface area contributed by atoms with Crippen LogP contribution in [0.2, 0.25) is 0 Å². The van der Waals surface area contributed by atoms with Crippen LogP contribution in [0.25, 0.3) is 0 Å². The van der Waals surface area contributed by atoms with E-state index in [2.05, 4.69) is 5.32 Å². The molecule has 2 rings (SSSR count). The van der Waals surface area contributed by atoms with Gasteiger partial charge in [0.05, 0.1) is 6.61 Å². The number of esters is 1. The number of benzene rings is 2. The van der Waals surface area contributed by atoms with Gasteiger partial charge in [-0.25, -0.2) is 0 Å². The third kappa shape index (κ3) is 5.18. The van der Waals surface area contributed by atoms with E-state index in [1.165, 1.54) is 0 Å². The Morgan fingerprint density at radius 3 is 2.43 bits per heavy atom. The lowest BCUT2D eigenvalue weighted by Gasteiger charge is -2.09. The minimum atomic E-state index is -0.262. The van der Waals surface area contributed by atoms with Crippen molar-refractivity contribution in [2.45, 2.75) is 13.5 Å². The third-order valence-corrected chi connectivity index (χ3v) is 2.84. The van der Waals surface area contributed by atoms with E-state index in [0.29, 0.717) is 13.2 Å². The van der Waals surface area contributed by atoms with Gasteiger partial charge in [-0.3, -0.25) is 4.79 Å². The smallest absolute Gasteiger partial charge is 0.325 e. The van der Waals surface area contributed by atoms with Crippen molar-refractivity contribution in [3.05, 3.63) is 60.2 Å². The molecular weight excluding hydrogens is 266 g/mol. The molecule has 0 spiro atoms. The largest absolute Gasteiger partial charge is 0.489 e. The van der Waals surface area contributed by atoms with E-state index < -0.39 is 0 Å². The number of ether oxygens (including phenoxy) is 2. The van der Waals surface area contributed by atoms with Gasteiger partial charge in [0.2, 0.25) is 0 Å². The molecule has 0 aromatic heterocycles. The molecule has 2 aromatic carbocycles. The van der Waals surface area contributed by atoms with Crippen LogP contribution >= 0.6 is 0 Å². The van der Waals surface area contributed by atoms with Gasteiger partial charge in [-0.2, -0.15) is 0 Å². The Hall–Kier alpha value is -2.49. The Kier molecular flexibility index (Phi) is 5.64. The van der Waals surface area contributed by atoms with Crippen molar-refractivity contribution in [2.24, 2.45) is 0 Å². The molecule has 0 aliphatic heterocycles. The molecule has 2 aromatic rings. The standard InChI is InChI=1S/C17H19NO3/c1-2-20-17(19)12-18-15-8-10-16(11-9-15)21-13-14-6-4-3-5-7-14/h3-11,18H,2,12-13H2,1H3. The predicted octanol–water partition coefficient (Wildman–Crippen LogP) is 3.24. The quantitative estimate of drug-likeness (QED) is 0.793. The average Bonchev–Trinajstić information content (AvgIpc) is 2.53. The van der Waals surface area contributed by atoms with E-state index in [1.54, 1.807) is 6.92 Å². The van der Waals surface area contributed by atoms with Gasteiger partial charge in [0.15, 0.2) is 0 Å². The highest BCUT2D eigenvalue weighted by molar-refractivity contribution is 5.74. The zero-order chi connectivity index (χ0) is 14.9. The monoisotopic (exact) mass is 285 g/mol. The van der Waals surface area contributed by atoms with Crippen molar-refractivity contribution >= 4 is 11.7 Å². The topological polar surface area (TPSA) is 47.6 Å². The van der Waals surface area contributed by atoms with Crippen LogP contribution in [-0.2, 0) is 16.1 Å². The van der Waals surface area contributed by atoms with E-state index >= 15 is 0 Å². The van der Waals surface area contributed by atoms with Crippen molar-refractivity contribution in [2.75, 3.05) is 18.5 Å². The number of hydrogen-bond acceptors (Lipinski definition) is 4. The normalized spacial score (nSPS) is 9.95. The molecule has 0 saturated heterocycles. The lowest BCUT2D eigenvalue weighted by Crippen LogP contribution is -2.16. The molecule has 0 amide bonds. The van der Waals surface area contributed by atoms with Crippen molar-refractivity contribution in [3.63, 3.8) is 0 Å². The first-order valence-corrected chi connectivity index (χ1v) is 6.94. The molecule has 0 fully saturated rings. The molecule has 4 heteroatoms. The Morgan fingerprint density at radius 2 is 1.76 bits per heavy atom. The molecule has 0 heterocycles. The summed E-state index contributed by atoms with van der Waals surface area (Å²) in [7, 11) is 0. The molecule has 0 radical (unpaired) electrons. The van der Waals surface area contributed by atoms with Gasteiger partial charge in [0.1, 0.15) is 18.9 Å². The highest BCUT2D eigenvalue weighted by Gasteiger charge is 2.01. The first-order valence-electron chi connectivity index (χ1n) is 6.94. The summed E-state index contributed by atoms with van der Waals surface area (Å²) in [6.07, 6.45) is 0. The molecule has 0 atom stereocenters. The Labute approximate surface area is 124 Å². The Balaban J connectivity index is 1.80. The number of nitrogens with one attached hydrogen (secondary N) is 1. The van der Waals surface area contributed by atoms with Crippen molar-refractivity contribution in [1.29, 1.82) is 0 Å². The molecule has 0 saturated carbocycles. The van der Waals surface area contributed by atoms with E-state index in [1.807, 2.05) is 54.6 Å². The fraction of sp³-hybridized carbons (Fsp3) is 0.235. The summed E-state index contributed by atoms with van der Waals surface area (Å²) in [5.41, 5.74) is 1.98. The highest BCUT2D eigenvalue weighted by atomic mass is 16.5. The number of hydrogen-bond donors (Lipinski definition) is 1. The van der Waals surface area contributed by atoms with Crippen LogP contribution in [-0.4, -0.2) is 19.1 Å². The van der Waals surface area contributed by atoms with Crippen LogP contribution in [0.3, 0.4) is 0 Å². The van der Waals surface area contributed by atoms with E-state index in [-0.39, 0.29) is 12.5 Å². The number of carbonyl (C=O) groups excluding carboxylic acids is 1. The van der Waals surface area contributed by atoms with Gasteiger partial charge in [-0.1, -0.05) is 30.3 Å². The summed E-state index contributed by atoms with van der Waals surface area (Å²) in [4.78, 5) is 11.2. The predicted molar refractivity (Wildman–Crippen MR) is 82.3 cm³/mol. The van der Waals surface area contributed by atoms with Crippen LogP contribution < -0.4 is 10.1 Å². The van der Waals surface area contributed by atoms with Gasteiger partial charge in [0.25, 0.3) is 0 Å². The molecular formula is C17H19NO3. The van der Waals surface area contributed by atoms with Crippen LogP contribution in [0.4, 0.5) is 5.69 Å². The Bertz CT molecular complexity index is 552. The van der Waals surface area contributed by atoms with Gasteiger partial charge in [-0.15, -0.1) is 0 Å². The van der Waals surface area contributed by atoms with Crippen LogP contribution in [0.15, 0.2) is 54.6 Å². The van der Waals surface area contributed by atoms with Gasteiger partial charge in [-0.05, 0) is 36.8 Å². The summed E-state index contributed by atoms with van der Waals surface area (Å²) in [5.74, 6) is 0.530. The average molecular weight is 285 g/mol. The summed E-state index contributed by atoms with van der Waals surface area (Å²) in [6, 6.07) is 17.5. The molecule has 0 unspecified atom stereocenters. The van der Waals surface area contributed by atoms with Gasteiger partial charge >= 0.3 is 5.97 Å². The summed E-state index contributed by atoms with van der Waals surface area (Å²) in [5, 5.41) is 3.00. The summed E-state index contributed by atoms with van der Waals surface area (Å²) in [6.45, 7) is 2.89. The summed E-state index contributed by atoms with van der Waals surface area (Å²) >= 11 is 0.